The highest BCUT2D eigenvalue weighted by molar-refractivity contribution is 5.39. The molecule has 0 amide bonds. The van der Waals surface area contributed by atoms with Gasteiger partial charge in [-0.2, -0.15) is 0 Å². The first-order valence-corrected chi connectivity index (χ1v) is 6.29. The van der Waals surface area contributed by atoms with E-state index in [-0.39, 0.29) is 0 Å². The van der Waals surface area contributed by atoms with Crippen molar-refractivity contribution in [1.29, 1.82) is 0 Å². The summed E-state index contributed by atoms with van der Waals surface area (Å²) >= 11 is 0. The molecule has 1 aliphatic carbocycles. The quantitative estimate of drug-likeness (QED) is 0.787. The third-order valence-electron chi connectivity index (χ3n) is 3.17. The smallest absolute Gasteiger partial charge is 0.161 e. The second-order valence-corrected chi connectivity index (χ2v) is 4.54. The van der Waals surface area contributed by atoms with Crippen LogP contribution in [0.15, 0.2) is 24.3 Å². The molecule has 0 aliphatic heterocycles. The Labute approximate surface area is 103 Å². The molecule has 1 aliphatic rings. The van der Waals surface area contributed by atoms with E-state index in [4.69, 9.17) is 9.47 Å². The van der Waals surface area contributed by atoms with Gasteiger partial charge in [0.2, 0.25) is 0 Å². The molecule has 94 valence electrons. The zero-order valence-corrected chi connectivity index (χ0v) is 10.6. The summed E-state index contributed by atoms with van der Waals surface area (Å²) in [5.74, 6) is 2.42. The molecule has 1 fully saturated rings. The van der Waals surface area contributed by atoms with Crippen molar-refractivity contribution in [3.8, 4) is 11.5 Å². The van der Waals surface area contributed by atoms with Crippen molar-refractivity contribution in [2.24, 2.45) is 5.92 Å². The van der Waals surface area contributed by atoms with Crippen molar-refractivity contribution < 1.29 is 9.47 Å². The highest BCUT2D eigenvalue weighted by Crippen LogP contribution is 2.38. The third kappa shape index (κ3) is 3.37. The minimum absolute atomic E-state index is 0.318. The number of ether oxygens (including phenoxy) is 2. The van der Waals surface area contributed by atoms with Crippen molar-refractivity contribution in [3.63, 3.8) is 0 Å². The minimum Gasteiger partial charge on any atom is -0.493 e. The van der Waals surface area contributed by atoms with Crippen LogP contribution in [-0.2, 0) is 0 Å². The average molecular weight is 235 g/mol. The van der Waals surface area contributed by atoms with Crippen LogP contribution in [0.4, 0.5) is 0 Å². The molecular formula is C14H21NO2. The molecule has 1 aromatic rings. The lowest BCUT2D eigenvalue weighted by Crippen LogP contribution is -2.24. The van der Waals surface area contributed by atoms with Crippen LogP contribution in [0.1, 0.15) is 19.3 Å². The Balaban J connectivity index is 2.00. The molecule has 0 aromatic heterocycles. The van der Waals surface area contributed by atoms with Crippen LogP contribution in [-0.4, -0.2) is 26.8 Å². The molecule has 0 saturated heterocycles. The van der Waals surface area contributed by atoms with Crippen LogP contribution in [0.5, 0.6) is 11.5 Å². The number of nitrogens with one attached hydrogen (secondary N) is 1. The van der Waals surface area contributed by atoms with Gasteiger partial charge in [0.15, 0.2) is 11.5 Å². The number of benzene rings is 1. The van der Waals surface area contributed by atoms with Gasteiger partial charge in [0.1, 0.15) is 6.10 Å². The Morgan fingerprint density at radius 1 is 1.29 bits per heavy atom. The van der Waals surface area contributed by atoms with Crippen molar-refractivity contribution in [2.45, 2.75) is 25.4 Å². The molecule has 1 N–H and O–H groups in total. The first-order valence-electron chi connectivity index (χ1n) is 6.29. The molecule has 0 heterocycles. The van der Waals surface area contributed by atoms with Crippen LogP contribution in [0.25, 0.3) is 0 Å². The number of hydrogen-bond acceptors (Lipinski definition) is 3. The lowest BCUT2D eigenvalue weighted by molar-refractivity contribution is 0.162. The van der Waals surface area contributed by atoms with Crippen molar-refractivity contribution in [2.75, 3.05) is 20.7 Å². The lowest BCUT2D eigenvalue weighted by atomic mass is 10.1. The molecule has 2 rings (SSSR count). The maximum Gasteiger partial charge on any atom is 0.161 e. The highest BCUT2D eigenvalue weighted by atomic mass is 16.5. The number of hydrogen-bond donors (Lipinski definition) is 1. The van der Waals surface area contributed by atoms with Gasteiger partial charge in [0.25, 0.3) is 0 Å². The van der Waals surface area contributed by atoms with E-state index in [1.165, 1.54) is 12.8 Å². The van der Waals surface area contributed by atoms with Gasteiger partial charge < -0.3 is 14.8 Å². The summed E-state index contributed by atoms with van der Waals surface area (Å²) in [4.78, 5) is 0. The van der Waals surface area contributed by atoms with Gasteiger partial charge in [-0.05, 0) is 50.9 Å². The molecule has 0 radical (unpaired) electrons. The van der Waals surface area contributed by atoms with Crippen LogP contribution in [0.3, 0.4) is 0 Å². The van der Waals surface area contributed by atoms with Crippen LogP contribution in [0, 0.1) is 5.92 Å². The van der Waals surface area contributed by atoms with Crippen LogP contribution < -0.4 is 14.8 Å². The summed E-state index contributed by atoms with van der Waals surface area (Å²) in [6, 6.07) is 7.87. The molecule has 1 atom stereocenters. The Bertz CT molecular complexity index is 350. The molecule has 3 nitrogen and oxygen atoms in total. The van der Waals surface area contributed by atoms with E-state index in [0.29, 0.717) is 6.10 Å². The summed E-state index contributed by atoms with van der Waals surface area (Å²) < 4.78 is 11.4. The maximum atomic E-state index is 6.10. The van der Waals surface area contributed by atoms with Crippen LogP contribution in [0.2, 0.25) is 0 Å². The second kappa shape index (κ2) is 5.92. The van der Waals surface area contributed by atoms with E-state index in [1.54, 1.807) is 7.11 Å². The van der Waals surface area contributed by atoms with Gasteiger partial charge in [-0.1, -0.05) is 12.1 Å². The molecule has 17 heavy (non-hydrogen) atoms. The Morgan fingerprint density at radius 2 is 2.00 bits per heavy atom. The second-order valence-electron chi connectivity index (χ2n) is 4.54. The van der Waals surface area contributed by atoms with E-state index < -0.39 is 0 Å². The minimum atomic E-state index is 0.318. The van der Waals surface area contributed by atoms with Gasteiger partial charge in [-0.3, -0.25) is 0 Å². The molecular weight excluding hydrogens is 214 g/mol. The monoisotopic (exact) mass is 235 g/mol. The van der Waals surface area contributed by atoms with Gasteiger partial charge in [0.05, 0.1) is 7.11 Å². The summed E-state index contributed by atoms with van der Waals surface area (Å²) in [6.07, 6.45) is 3.96. The van der Waals surface area contributed by atoms with Crippen molar-refractivity contribution in [1.82, 2.24) is 5.32 Å². The molecule has 1 aromatic carbocycles. The fourth-order valence-corrected chi connectivity index (χ4v) is 2.02. The van der Waals surface area contributed by atoms with E-state index in [0.717, 1.165) is 30.4 Å². The molecule has 0 bridgehead atoms. The highest BCUT2D eigenvalue weighted by Gasteiger charge is 2.32. The predicted molar refractivity (Wildman–Crippen MR) is 68.7 cm³/mol. The van der Waals surface area contributed by atoms with Gasteiger partial charge in [-0.25, -0.2) is 0 Å². The third-order valence-corrected chi connectivity index (χ3v) is 3.17. The van der Waals surface area contributed by atoms with Crippen molar-refractivity contribution >= 4 is 0 Å². The number of para-hydroxylation sites is 2. The summed E-state index contributed by atoms with van der Waals surface area (Å²) in [7, 11) is 3.66. The largest absolute Gasteiger partial charge is 0.493 e. The van der Waals surface area contributed by atoms with Gasteiger partial charge >= 0.3 is 0 Å². The van der Waals surface area contributed by atoms with E-state index >= 15 is 0 Å². The van der Waals surface area contributed by atoms with E-state index in [2.05, 4.69) is 5.32 Å². The zero-order valence-electron chi connectivity index (χ0n) is 10.6. The fraction of sp³-hybridized carbons (Fsp3) is 0.571. The fourth-order valence-electron chi connectivity index (χ4n) is 2.02. The molecule has 0 spiro atoms. The first-order chi connectivity index (χ1) is 8.35. The number of methoxy groups -OCH3 is 1. The summed E-state index contributed by atoms with van der Waals surface area (Å²) in [6.45, 7) is 0.996. The SMILES string of the molecule is CNCCC(Oc1ccccc1OC)C1CC1. The number of rotatable bonds is 7. The topological polar surface area (TPSA) is 30.5 Å². The normalized spacial score (nSPS) is 16.6. The lowest BCUT2D eigenvalue weighted by Gasteiger charge is -2.20. The molecule has 1 unspecified atom stereocenters. The Morgan fingerprint density at radius 3 is 2.59 bits per heavy atom. The maximum absolute atomic E-state index is 6.10. The molecule has 1 saturated carbocycles. The van der Waals surface area contributed by atoms with Gasteiger partial charge in [-0.15, -0.1) is 0 Å². The van der Waals surface area contributed by atoms with Gasteiger partial charge in [0, 0.05) is 0 Å². The predicted octanol–water partition coefficient (Wildman–Crippen LogP) is 2.46. The van der Waals surface area contributed by atoms with E-state index in [1.807, 2.05) is 31.3 Å². The summed E-state index contributed by atoms with van der Waals surface area (Å²) in [5, 5.41) is 3.18. The summed E-state index contributed by atoms with van der Waals surface area (Å²) in [5.41, 5.74) is 0. The first kappa shape index (κ1) is 12.2. The Kier molecular flexibility index (Phi) is 4.26. The van der Waals surface area contributed by atoms with Crippen molar-refractivity contribution in [3.05, 3.63) is 24.3 Å². The Hall–Kier alpha value is -1.22. The average Bonchev–Trinajstić information content (AvgIpc) is 3.19. The standard InChI is InChI=1S/C14H21NO2/c1-15-10-9-12(11-7-8-11)17-14-6-4-3-5-13(14)16-2/h3-6,11-12,15H,7-10H2,1-2H3. The molecule has 3 heteroatoms. The zero-order chi connectivity index (χ0) is 12.1. The van der Waals surface area contributed by atoms with E-state index in [9.17, 15) is 0 Å². The van der Waals surface area contributed by atoms with Crippen LogP contribution >= 0.6 is 0 Å².